The number of nitrogens with one attached hydrogen (secondary N) is 2. The zero-order chi connectivity index (χ0) is 16.9. The second-order valence-electron chi connectivity index (χ2n) is 7.20. The lowest BCUT2D eigenvalue weighted by molar-refractivity contribution is 0.0636. The first-order valence-electron chi connectivity index (χ1n) is 8.44. The van der Waals surface area contributed by atoms with Crippen LogP contribution in [0.15, 0.2) is 24.3 Å². The lowest BCUT2D eigenvalue weighted by Gasteiger charge is -2.32. The van der Waals surface area contributed by atoms with E-state index in [9.17, 15) is 4.79 Å². The van der Waals surface area contributed by atoms with Crippen LogP contribution in [0.25, 0.3) is 0 Å². The van der Waals surface area contributed by atoms with E-state index in [4.69, 9.17) is 10.5 Å². The minimum absolute atomic E-state index is 0.357. The van der Waals surface area contributed by atoms with Crippen molar-refractivity contribution in [2.24, 2.45) is 11.7 Å². The largest absolute Gasteiger partial charge is 0.444 e. The molecule has 0 aromatic heterocycles. The molecule has 1 aromatic carbocycles. The molecule has 1 amide bonds. The molecule has 0 saturated heterocycles. The summed E-state index contributed by atoms with van der Waals surface area (Å²) in [6.45, 7) is 6.25. The number of rotatable bonds is 4. The fourth-order valence-electron chi connectivity index (χ4n) is 3.01. The Morgan fingerprint density at radius 1 is 1.22 bits per heavy atom. The van der Waals surface area contributed by atoms with Crippen molar-refractivity contribution >= 4 is 17.5 Å². The average molecular weight is 319 g/mol. The summed E-state index contributed by atoms with van der Waals surface area (Å²) in [5.74, 6) is 0.485. The number of benzene rings is 1. The number of carbonyl (C=O) groups excluding carboxylic acids is 1. The Morgan fingerprint density at radius 2 is 1.87 bits per heavy atom. The quantitative estimate of drug-likeness (QED) is 0.785. The van der Waals surface area contributed by atoms with E-state index in [2.05, 4.69) is 10.6 Å². The Morgan fingerprint density at radius 3 is 2.52 bits per heavy atom. The monoisotopic (exact) mass is 319 g/mol. The van der Waals surface area contributed by atoms with E-state index >= 15 is 0 Å². The van der Waals surface area contributed by atoms with Gasteiger partial charge in [0.25, 0.3) is 0 Å². The number of amides is 1. The van der Waals surface area contributed by atoms with Crippen molar-refractivity contribution in [2.45, 2.75) is 58.1 Å². The number of carbonyl (C=O) groups is 1. The molecule has 5 heteroatoms. The van der Waals surface area contributed by atoms with Crippen LogP contribution in [0, 0.1) is 5.92 Å². The molecule has 2 atom stereocenters. The highest BCUT2D eigenvalue weighted by molar-refractivity contribution is 5.89. The molecule has 0 spiro atoms. The Balaban J connectivity index is 2.06. The predicted octanol–water partition coefficient (Wildman–Crippen LogP) is 3.96. The molecular formula is C18H29N3O2. The number of nitrogens with two attached hydrogens (primary N) is 1. The normalized spacial score (nSPS) is 21.6. The van der Waals surface area contributed by atoms with Crippen molar-refractivity contribution in [3.8, 4) is 0 Å². The Hall–Kier alpha value is -1.75. The minimum Gasteiger partial charge on any atom is -0.444 e. The third-order valence-electron chi connectivity index (χ3n) is 4.12. The topological polar surface area (TPSA) is 76.4 Å². The summed E-state index contributed by atoms with van der Waals surface area (Å²) in [7, 11) is 0. The molecule has 4 N–H and O–H groups in total. The summed E-state index contributed by atoms with van der Waals surface area (Å²) in [6, 6.07) is 8.08. The van der Waals surface area contributed by atoms with Crippen LogP contribution in [0.3, 0.4) is 0 Å². The van der Waals surface area contributed by atoms with Crippen LogP contribution in [0.1, 0.15) is 46.5 Å². The van der Waals surface area contributed by atoms with Gasteiger partial charge in [-0.1, -0.05) is 25.0 Å². The third-order valence-corrected chi connectivity index (χ3v) is 4.12. The molecule has 2 unspecified atom stereocenters. The van der Waals surface area contributed by atoms with Crippen LogP contribution in [0.2, 0.25) is 0 Å². The minimum atomic E-state index is -0.513. The summed E-state index contributed by atoms with van der Waals surface area (Å²) < 4.78 is 5.33. The smallest absolute Gasteiger partial charge is 0.412 e. The maximum absolute atomic E-state index is 12.0. The molecule has 1 fully saturated rings. The van der Waals surface area contributed by atoms with Gasteiger partial charge in [0.1, 0.15) is 5.60 Å². The van der Waals surface area contributed by atoms with E-state index < -0.39 is 11.7 Å². The van der Waals surface area contributed by atoms with E-state index in [1.54, 1.807) is 0 Å². The molecule has 1 aliphatic carbocycles. The molecule has 2 rings (SSSR count). The zero-order valence-electron chi connectivity index (χ0n) is 14.4. The molecule has 5 nitrogen and oxygen atoms in total. The molecular weight excluding hydrogens is 290 g/mol. The number of hydrogen-bond donors (Lipinski definition) is 3. The van der Waals surface area contributed by atoms with Crippen LogP contribution in [-0.2, 0) is 4.74 Å². The van der Waals surface area contributed by atoms with E-state index in [0.29, 0.717) is 18.5 Å². The predicted molar refractivity (Wildman–Crippen MR) is 94.7 cm³/mol. The van der Waals surface area contributed by atoms with E-state index in [1.807, 2.05) is 45.0 Å². The number of hydrogen-bond acceptors (Lipinski definition) is 4. The Kier molecular flexibility index (Phi) is 5.88. The van der Waals surface area contributed by atoms with E-state index in [1.165, 1.54) is 12.8 Å². The summed E-state index contributed by atoms with van der Waals surface area (Å²) in [5, 5.41) is 6.40. The highest BCUT2D eigenvalue weighted by Gasteiger charge is 2.24. The molecule has 1 aliphatic rings. The van der Waals surface area contributed by atoms with E-state index in [0.717, 1.165) is 24.2 Å². The summed E-state index contributed by atoms with van der Waals surface area (Å²) in [5.41, 5.74) is 7.05. The summed E-state index contributed by atoms with van der Waals surface area (Å²) >= 11 is 0. The lowest BCUT2D eigenvalue weighted by atomic mass is 9.84. The van der Waals surface area contributed by atoms with Gasteiger partial charge < -0.3 is 15.8 Å². The molecule has 0 heterocycles. The van der Waals surface area contributed by atoms with Crippen molar-refractivity contribution < 1.29 is 9.53 Å². The SMILES string of the molecule is CC(C)(C)OC(=O)Nc1ccccc1NC1CCCCC1CN. The van der Waals surface area contributed by atoms with Gasteiger partial charge in [-0.25, -0.2) is 4.79 Å². The first kappa shape index (κ1) is 17.6. The highest BCUT2D eigenvalue weighted by Crippen LogP contribution is 2.30. The second-order valence-corrected chi connectivity index (χ2v) is 7.20. The van der Waals surface area contributed by atoms with Crippen molar-refractivity contribution in [1.29, 1.82) is 0 Å². The molecule has 0 radical (unpaired) electrons. The van der Waals surface area contributed by atoms with Crippen LogP contribution < -0.4 is 16.4 Å². The van der Waals surface area contributed by atoms with Crippen molar-refractivity contribution in [2.75, 3.05) is 17.2 Å². The molecule has 0 aliphatic heterocycles. The van der Waals surface area contributed by atoms with Gasteiger partial charge >= 0.3 is 6.09 Å². The van der Waals surface area contributed by atoms with Gasteiger partial charge in [0.15, 0.2) is 0 Å². The van der Waals surface area contributed by atoms with Crippen LogP contribution in [0.5, 0.6) is 0 Å². The van der Waals surface area contributed by atoms with Gasteiger partial charge in [-0.3, -0.25) is 5.32 Å². The third kappa shape index (κ3) is 5.43. The van der Waals surface area contributed by atoms with Crippen LogP contribution in [-0.4, -0.2) is 24.3 Å². The highest BCUT2D eigenvalue weighted by atomic mass is 16.6. The lowest BCUT2D eigenvalue weighted by Crippen LogP contribution is -2.37. The second kappa shape index (κ2) is 7.68. The average Bonchev–Trinajstić information content (AvgIpc) is 2.48. The number of anilines is 2. The molecule has 0 bridgehead atoms. The first-order chi connectivity index (χ1) is 10.9. The van der Waals surface area contributed by atoms with Gasteiger partial charge in [0.2, 0.25) is 0 Å². The number of para-hydroxylation sites is 2. The van der Waals surface area contributed by atoms with Crippen molar-refractivity contribution in [3.63, 3.8) is 0 Å². The van der Waals surface area contributed by atoms with Crippen molar-refractivity contribution in [1.82, 2.24) is 0 Å². The van der Waals surface area contributed by atoms with E-state index in [-0.39, 0.29) is 0 Å². The van der Waals surface area contributed by atoms with Gasteiger partial charge in [-0.2, -0.15) is 0 Å². The fourth-order valence-corrected chi connectivity index (χ4v) is 3.01. The number of ether oxygens (including phenoxy) is 1. The fraction of sp³-hybridized carbons (Fsp3) is 0.611. The standard InChI is InChI=1S/C18H29N3O2/c1-18(2,3)23-17(22)21-16-11-7-6-10-15(16)20-14-9-5-4-8-13(14)12-19/h6-7,10-11,13-14,20H,4-5,8-9,12,19H2,1-3H3,(H,21,22). The molecule has 23 heavy (non-hydrogen) atoms. The molecule has 128 valence electrons. The molecule has 1 saturated carbocycles. The van der Waals surface area contributed by atoms with Crippen molar-refractivity contribution in [3.05, 3.63) is 24.3 Å². The molecule has 1 aromatic rings. The van der Waals surface area contributed by atoms with Gasteiger partial charge in [-0.15, -0.1) is 0 Å². The Labute approximate surface area is 139 Å². The summed E-state index contributed by atoms with van der Waals surface area (Å²) in [6.07, 6.45) is 4.30. The van der Waals surface area contributed by atoms with Gasteiger partial charge in [0, 0.05) is 6.04 Å². The Bertz CT molecular complexity index is 525. The zero-order valence-corrected chi connectivity index (χ0v) is 14.4. The van der Waals surface area contributed by atoms with Crippen LogP contribution >= 0.6 is 0 Å². The van der Waals surface area contributed by atoms with Gasteiger partial charge in [0.05, 0.1) is 11.4 Å². The summed E-state index contributed by atoms with van der Waals surface area (Å²) in [4.78, 5) is 12.0. The van der Waals surface area contributed by atoms with Gasteiger partial charge in [-0.05, 0) is 58.2 Å². The first-order valence-corrected chi connectivity index (χ1v) is 8.44. The maximum atomic E-state index is 12.0. The van der Waals surface area contributed by atoms with Crippen LogP contribution in [0.4, 0.5) is 16.2 Å². The maximum Gasteiger partial charge on any atom is 0.412 e.